The summed E-state index contributed by atoms with van der Waals surface area (Å²) in [5.41, 5.74) is 10.7. The molecular formula is C18H22FNO. The summed E-state index contributed by atoms with van der Waals surface area (Å²) in [6, 6.07) is 10.5. The Morgan fingerprint density at radius 1 is 1.00 bits per heavy atom. The lowest BCUT2D eigenvalue weighted by Gasteiger charge is -2.24. The first kappa shape index (κ1) is 15.7. The summed E-state index contributed by atoms with van der Waals surface area (Å²) in [6.45, 7) is 6.25. The van der Waals surface area contributed by atoms with Gasteiger partial charge in [0.05, 0.1) is 6.10 Å². The molecule has 112 valence electrons. The molecule has 0 saturated heterocycles. The van der Waals surface area contributed by atoms with Gasteiger partial charge in [0, 0.05) is 12.5 Å². The minimum absolute atomic E-state index is 0.246. The highest BCUT2D eigenvalue weighted by Gasteiger charge is 2.23. The number of hydrogen-bond donors (Lipinski definition) is 2. The largest absolute Gasteiger partial charge is 0.388 e. The van der Waals surface area contributed by atoms with E-state index in [1.165, 1.54) is 17.7 Å². The minimum Gasteiger partial charge on any atom is -0.388 e. The lowest BCUT2D eigenvalue weighted by atomic mass is 9.86. The van der Waals surface area contributed by atoms with Crippen molar-refractivity contribution >= 4 is 0 Å². The fourth-order valence-corrected chi connectivity index (χ4v) is 2.59. The molecule has 2 atom stereocenters. The van der Waals surface area contributed by atoms with Crippen molar-refractivity contribution in [3.63, 3.8) is 0 Å². The van der Waals surface area contributed by atoms with Crippen molar-refractivity contribution in [2.45, 2.75) is 32.8 Å². The number of halogens is 1. The summed E-state index contributed by atoms with van der Waals surface area (Å²) >= 11 is 0. The number of aliphatic hydroxyl groups is 1. The van der Waals surface area contributed by atoms with Gasteiger partial charge in [-0.25, -0.2) is 4.39 Å². The Bertz CT molecular complexity index is 639. The van der Waals surface area contributed by atoms with Gasteiger partial charge in [0.1, 0.15) is 5.82 Å². The summed E-state index contributed by atoms with van der Waals surface area (Å²) in [6.07, 6.45) is -0.812. The molecule has 3 heteroatoms. The number of rotatable bonds is 4. The standard InChI is InChI=1S/C18H22FNO/c1-11-4-6-14(8-13(11)3)17(10-20)18(21)16-9-15(19)7-5-12(16)2/h4-9,17-18,21H,10,20H2,1-3H3. The van der Waals surface area contributed by atoms with E-state index in [-0.39, 0.29) is 11.7 Å². The molecule has 0 aliphatic rings. The Morgan fingerprint density at radius 2 is 1.67 bits per heavy atom. The van der Waals surface area contributed by atoms with E-state index in [0.29, 0.717) is 12.1 Å². The van der Waals surface area contributed by atoms with Gasteiger partial charge in [-0.05, 0) is 60.7 Å². The maximum absolute atomic E-state index is 13.5. The normalized spacial score (nSPS) is 14.0. The maximum atomic E-state index is 13.5. The molecule has 0 heterocycles. The average Bonchev–Trinajstić information content (AvgIpc) is 2.46. The van der Waals surface area contributed by atoms with Crippen molar-refractivity contribution < 1.29 is 9.50 Å². The topological polar surface area (TPSA) is 46.2 Å². The lowest BCUT2D eigenvalue weighted by molar-refractivity contribution is 0.146. The van der Waals surface area contributed by atoms with Crippen molar-refractivity contribution in [2.24, 2.45) is 5.73 Å². The van der Waals surface area contributed by atoms with Crippen LogP contribution in [0.2, 0.25) is 0 Å². The third kappa shape index (κ3) is 3.31. The van der Waals surface area contributed by atoms with E-state index in [1.54, 1.807) is 6.07 Å². The second-order valence-corrected chi connectivity index (χ2v) is 5.63. The third-order valence-electron chi connectivity index (χ3n) is 4.15. The van der Waals surface area contributed by atoms with Crippen LogP contribution in [0.5, 0.6) is 0 Å². The van der Waals surface area contributed by atoms with E-state index in [1.807, 2.05) is 39.0 Å². The molecular weight excluding hydrogens is 265 g/mol. The minimum atomic E-state index is -0.812. The second kappa shape index (κ2) is 6.37. The van der Waals surface area contributed by atoms with Gasteiger partial charge in [-0.1, -0.05) is 24.3 Å². The predicted octanol–water partition coefficient (Wildman–Crippen LogP) is 3.53. The Labute approximate surface area is 125 Å². The predicted molar refractivity (Wildman–Crippen MR) is 83.8 cm³/mol. The maximum Gasteiger partial charge on any atom is 0.123 e. The van der Waals surface area contributed by atoms with Crippen LogP contribution in [0.4, 0.5) is 4.39 Å². The van der Waals surface area contributed by atoms with Crippen molar-refractivity contribution in [3.05, 3.63) is 70.0 Å². The Hall–Kier alpha value is -1.71. The van der Waals surface area contributed by atoms with Crippen LogP contribution in [0, 0.1) is 26.6 Å². The number of nitrogens with two attached hydrogens (primary N) is 1. The average molecular weight is 287 g/mol. The fraction of sp³-hybridized carbons (Fsp3) is 0.333. The first-order chi connectivity index (χ1) is 9.93. The van der Waals surface area contributed by atoms with E-state index in [4.69, 9.17) is 5.73 Å². The Morgan fingerprint density at radius 3 is 2.29 bits per heavy atom. The molecule has 2 rings (SSSR count). The first-order valence-electron chi connectivity index (χ1n) is 7.15. The zero-order valence-corrected chi connectivity index (χ0v) is 12.7. The van der Waals surface area contributed by atoms with Crippen LogP contribution < -0.4 is 5.73 Å². The smallest absolute Gasteiger partial charge is 0.123 e. The van der Waals surface area contributed by atoms with Gasteiger partial charge < -0.3 is 10.8 Å². The van der Waals surface area contributed by atoms with Crippen LogP contribution in [0.3, 0.4) is 0 Å². The molecule has 2 unspecified atom stereocenters. The molecule has 2 aromatic rings. The molecule has 0 saturated carbocycles. The molecule has 0 bridgehead atoms. The lowest BCUT2D eigenvalue weighted by Crippen LogP contribution is -2.21. The van der Waals surface area contributed by atoms with E-state index in [2.05, 4.69) is 0 Å². The molecule has 0 aliphatic carbocycles. The van der Waals surface area contributed by atoms with Crippen LogP contribution in [-0.4, -0.2) is 11.7 Å². The molecule has 2 nitrogen and oxygen atoms in total. The van der Waals surface area contributed by atoms with Crippen molar-refractivity contribution in [1.82, 2.24) is 0 Å². The zero-order chi connectivity index (χ0) is 15.6. The molecule has 21 heavy (non-hydrogen) atoms. The van der Waals surface area contributed by atoms with Gasteiger partial charge in [0.25, 0.3) is 0 Å². The molecule has 0 spiro atoms. The van der Waals surface area contributed by atoms with Crippen LogP contribution in [0.1, 0.15) is 39.8 Å². The van der Waals surface area contributed by atoms with Gasteiger partial charge in [-0.15, -0.1) is 0 Å². The molecule has 0 aromatic heterocycles. The van der Waals surface area contributed by atoms with Crippen LogP contribution >= 0.6 is 0 Å². The van der Waals surface area contributed by atoms with Gasteiger partial charge in [-0.2, -0.15) is 0 Å². The quantitative estimate of drug-likeness (QED) is 0.903. The molecule has 0 radical (unpaired) electrons. The molecule has 0 fully saturated rings. The number of benzene rings is 2. The highest BCUT2D eigenvalue weighted by Crippen LogP contribution is 2.33. The van der Waals surface area contributed by atoms with Crippen LogP contribution in [-0.2, 0) is 0 Å². The van der Waals surface area contributed by atoms with E-state index in [9.17, 15) is 9.50 Å². The Balaban J connectivity index is 2.40. The third-order valence-corrected chi connectivity index (χ3v) is 4.15. The number of aliphatic hydroxyl groups excluding tert-OH is 1. The van der Waals surface area contributed by atoms with Gasteiger partial charge >= 0.3 is 0 Å². The fourth-order valence-electron chi connectivity index (χ4n) is 2.59. The summed E-state index contributed by atoms with van der Waals surface area (Å²) in [5, 5.41) is 10.7. The monoisotopic (exact) mass is 287 g/mol. The summed E-state index contributed by atoms with van der Waals surface area (Å²) in [4.78, 5) is 0. The summed E-state index contributed by atoms with van der Waals surface area (Å²) < 4.78 is 13.5. The highest BCUT2D eigenvalue weighted by atomic mass is 19.1. The van der Waals surface area contributed by atoms with E-state index in [0.717, 1.165) is 16.7 Å². The molecule has 0 aliphatic heterocycles. The van der Waals surface area contributed by atoms with Gasteiger partial charge in [0.15, 0.2) is 0 Å². The SMILES string of the molecule is Cc1ccc(C(CN)C(O)c2cc(F)ccc2C)cc1C. The molecule has 3 N–H and O–H groups in total. The van der Waals surface area contributed by atoms with Gasteiger partial charge in [-0.3, -0.25) is 0 Å². The second-order valence-electron chi connectivity index (χ2n) is 5.63. The highest BCUT2D eigenvalue weighted by molar-refractivity contribution is 5.36. The van der Waals surface area contributed by atoms with E-state index < -0.39 is 6.10 Å². The summed E-state index contributed by atoms with van der Waals surface area (Å²) in [5.74, 6) is -0.588. The number of hydrogen-bond acceptors (Lipinski definition) is 2. The van der Waals surface area contributed by atoms with Gasteiger partial charge in [0.2, 0.25) is 0 Å². The molecule has 2 aromatic carbocycles. The first-order valence-corrected chi connectivity index (χ1v) is 7.15. The van der Waals surface area contributed by atoms with Crippen LogP contribution in [0.15, 0.2) is 36.4 Å². The zero-order valence-electron chi connectivity index (χ0n) is 12.7. The molecule has 0 amide bonds. The van der Waals surface area contributed by atoms with Crippen LogP contribution in [0.25, 0.3) is 0 Å². The van der Waals surface area contributed by atoms with Crippen molar-refractivity contribution in [1.29, 1.82) is 0 Å². The van der Waals surface area contributed by atoms with Crippen molar-refractivity contribution in [3.8, 4) is 0 Å². The van der Waals surface area contributed by atoms with E-state index >= 15 is 0 Å². The summed E-state index contributed by atoms with van der Waals surface area (Å²) in [7, 11) is 0. The Kier molecular flexibility index (Phi) is 4.76. The number of aryl methyl sites for hydroxylation is 3. The van der Waals surface area contributed by atoms with Crippen molar-refractivity contribution in [2.75, 3.05) is 6.54 Å².